The van der Waals surface area contributed by atoms with E-state index in [9.17, 15) is 18.7 Å². The van der Waals surface area contributed by atoms with E-state index in [1.165, 1.54) is 4.57 Å². The van der Waals surface area contributed by atoms with Crippen molar-refractivity contribution in [2.24, 2.45) is 0 Å². The van der Waals surface area contributed by atoms with Gasteiger partial charge in [0.25, 0.3) is 0 Å². The molecule has 1 unspecified atom stereocenters. The van der Waals surface area contributed by atoms with Gasteiger partial charge in [-0.3, -0.25) is 0 Å². The minimum atomic E-state index is -1.02. The zero-order valence-corrected chi connectivity index (χ0v) is 11.5. The maximum absolute atomic E-state index is 13.4. The number of fused-ring (bicyclic) bond motifs is 1. The maximum atomic E-state index is 13.4. The third-order valence-corrected chi connectivity index (χ3v) is 3.26. The van der Waals surface area contributed by atoms with Crippen LogP contribution in [0.15, 0.2) is 12.1 Å². The first-order valence-corrected chi connectivity index (χ1v) is 6.46. The first-order chi connectivity index (χ1) is 9.36. The molecule has 0 aliphatic rings. The number of imidazole rings is 1. The zero-order chi connectivity index (χ0) is 15.0. The summed E-state index contributed by atoms with van der Waals surface area (Å²) in [6.07, 6.45) is 0.333. The standard InChI is InChI=1S/C14H16F2N2O2/c1-4-11(14(19)20)18-12-6-9(16)8(15)5-10(12)17-13(18)7(2)3/h5-7,11H,4H2,1-3H3,(H,19,20). The molecule has 0 radical (unpaired) electrons. The Kier molecular flexibility index (Phi) is 3.74. The average molecular weight is 282 g/mol. The smallest absolute Gasteiger partial charge is 0.326 e. The summed E-state index contributed by atoms with van der Waals surface area (Å²) in [5.74, 6) is -2.55. The van der Waals surface area contributed by atoms with Crippen LogP contribution in [-0.2, 0) is 4.79 Å². The summed E-state index contributed by atoms with van der Waals surface area (Å²) in [4.78, 5) is 15.6. The summed E-state index contributed by atoms with van der Waals surface area (Å²) < 4.78 is 28.2. The van der Waals surface area contributed by atoms with Gasteiger partial charge in [0, 0.05) is 18.1 Å². The molecule has 0 amide bonds. The van der Waals surface area contributed by atoms with Gasteiger partial charge in [-0.25, -0.2) is 18.6 Å². The summed E-state index contributed by atoms with van der Waals surface area (Å²) in [5.41, 5.74) is 0.578. The van der Waals surface area contributed by atoms with Crippen LogP contribution in [0.2, 0.25) is 0 Å². The normalized spacial score (nSPS) is 13.1. The lowest BCUT2D eigenvalue weighted by Crippen LogP contribution is -2.21. The number of aromatic nitrogens is 2. The fraction of sp³-hybridized carbons (Fsp3) is 0.429. The van der Waals surface area contributed by atoms with Crippen LogP contribution in [0.3, 0.4) is 0 Å². The number of carboxylic acids is 1. The molecule has 1 aromatic carbocycles. The number of benzene rings is 1. The van der Waals surface area contributed by atoms with E-state index in [0.717, 1.165) is 12.1 Å². The van der Waals surface area contributed by atoms with Crippen molar-refractivity contribution in [2.75, 3.05) is 0 Å². The van der Waals surface area contributed by atoms with E-state index >= 15 is 0 Å². The lowest BCUT2D eigenvalue weighted by Gasteiger charge is -2.17. The number of nitrogens with zero attached hydrogens (tertiary/aromatic N) is 2. The Morgan fingerprint density at radius 2 is 1.95 bits per heavy atom. The topological polar surface area (TPSA) is 55.1 Å². The second kappa shape index (κ2) is 5.19. The molecule has 2 rings (SSSR count). The van der Waals surface area contributed by atoms with Crippen molar-refractivity contribution in [3.63, 3.8) is 0 Å². The molecule has 0 saturated carbocycles. The predicted octanol–water partition coefficient (Wildman–Crippen LogP) is 3.47. The largest absolute Gasteiger partial charge is 0.480 e. The van der Waals surface area contributed by atoms with Gasteiger partial charge >= 0.3 is 5.97 Å². The van der Waals surface area contributed by atoms with Crippen molar-refractivity contribution in [3.8, 4) is 0 Å². The van der Waals surface area contributed by atoms with Gasteiger partial charge in [0.2, 0.25) is 0 Å². The molecule has 6 heteroatoms. The summed E-state index contributed by atoms with van der Waals surface area (Å²) in [5, 5.41) is 9.32. The molecule has 0 spiro atoms. The third kappa shape index (κ3) is 2.26. The highest BCUT2D eigenvalue weighted by molar-refractivity contribution is 5.80. The molecule has 1 heterocycles. The highest BCUT2D eigenvalue weighted by Gasteiger charge is 2.25. The Hall–Kier alpha value is -1.98. The number of aliphatic carboxylic acids is 1. The Bertz CT molecular complexity index is 665. The first-order valence-electron chi connectivity index (χ1n) is 6.46. The van der Waals surface area contributed by atoms with Gasteiger partial charge in [0.15, 0.2) is 11.6 Å². The number of hydrogen-bond acceptors (Lipinski definition) is 2. The van der Waals surface area contributed by atoms with E-state index < -0.39 is 23.6 Å². The molecular formula is C14H16F2N2O2. The predicted molar refractivity (Wildman–Crippen MR) is 70.7 cm³/mol. The van der Waals surface area contributed by atoms with Crippen LogP contribution in [0.1, 0.15) is 45.0 Å². The number of carbonyl (C=O) groups is 1. The maximum Gasteiger partial charge on any atom is 0.326 e. The second-order valence-electron chi connectivity index (χ2n) is 5.01. The summed E-state index contributed by atoms with van der Waals surface area (Å²) in [7, 11) is 0. The van der Waals surface area contributed by atoms with Gasteiger partial charge in [0.05, 0.1) is 11.0 Å². The van der Waals surface area contributed by atoms with Crippen molar-refractivity contribution in [1.29, 1.82) is 0 Å². The second-order valence-corrected chi connectivity index (χ2v) is 5.01. The Morgan fingerprint density at radius 1 is 1.35 bits per heavy atom. The van der Waals surface area contributed by atoms with E-state index in [4.69, 9.17) is 0 Å². The van der Waals surface area contributed by atoms with Gasteiger partial charge in [-0.2, -0.15) is 0 Å². The molecule has 1 N–H and O–H groups in total. The highest BCUT2D eigenvalue weighted by Crippen LogP contribution is 2.29. The molecule has 0 bridgehead atoms. The summed E-state index contributed by atoms with van der Waals surface area (Å²) >= 11 is 0. The van der Waals surface area contributed by atoms with Crippen molar-refractivity contribution >= 4 is 17.0 Å². The minimum absolute atomic E-state index is 0.0538. The molecule has 0 fully saturated rings. The molecule has 1 aromatic heterocycles. The van der Waals surface area contributed by atoms with E-state index in [0.29, 0.717) is 17.8 Å². The van der Waals surface area contributed by atoms with Crippen LogP contribution in [0.25, 0.3) is 11.0 Å². The molecule has 1 atom stereocenters. The van der Waals surface area contributed by atoms with Crippen LogP contribution in [0.5, 0.6) is 0 Å². The Balaban J connectivity index is 2.80. The number of carboxylic acid groups (broad SMARTS) is 1. The molecule has 0 aliphatic heterocycles. The third-order valence-electron chi connectivity index (χ3n) is 3.26. The molecule has 20 heavy (non-hydrogen) atoms. The SMILES string of the molecule is CCC(C(=O)O)n1c(C(C)C)nc2cc(F)c(F)cc21. The van der Waals surface area contributed by atoms with Crippen molar-refractivity contribution in [3.05, 3.63) is 29.6 Å². The molecule has 4 nitrogen and oxygen atoms in total. The van der Waals surface area contributed by atoms with Gasteiger partial charge in [-0.1, -0.05) is 20.8 Å². The molecule has 0 saturated heterocycles. The molecular weight excluding hydrogens is 266 g/mol. The highest BCUT2D eigenvalue weighted by atomic mass is 19.2. The first kappa shape index (κ1) is 14.4. The van der Waals surface area contributed by atoms with Crippen LogP contribution >= 0.6 is 0 Å². The van der Waals surface area contributed by atoms with Gasteiger partial charge in [0.1, 0.15) is 11.9 Å². The fourth-order valence-electron chi connectivity index (χ4n) is 2.31. The van der Waals surface area contributed by atoms with E-state index in [-0.39, 0.29) is 11.4 Å². The van der Waals surface area contributed by atoms with E-state index in [1.807, 2.05) is 13.8 Å². The average Bonchev–Trinajstić information content (AvgIpc) is 2.70. The Morgan fingerprint density at radius 3 is 2.45 bits per heavy atom. The number of halogens is 2. The lowest BCUT2D eigenvalue weighted by molar-refractivity contribution is -0.140. The fourth-order valence-corrected chi connectivity index (χ4v) is 2.31. The minimum Gasteiger partial charge on any atom is -0.480 e. The van der Waals surface area contributed by atoms with Gasteiger partial charge in [-0.15, -0.1) is 0 Å². The van der Waals surface area contributed by atoms with Crippen LogP contribution in [0.4, 0.5) is 8.78 Å². The molecule has 2 aromatic rings. The van der Waals surface area contributed by atoms with Crippen LogP contribution < -0.4 is 0 Å². The lowest BCUT2D eigenvalue weighted by atomic mass is 10.1. The Labute approximate surface area is 115 Å². The quantitative estimate of drug-likeness (QED) is 0.934. The van der Waals surface area contributed by atoms with Gasteiger partial charge < -0.3 is 9.67 Å². The van der Waals surface area contributed by atoms with Crippen molar-refractivity contribution < 1.29 is 18.7 Å². The molecule has 108 valence electrons. The van der Waals surface area contributed by atoms with Crippen molar-refractivity contribution in [2.45, 2.75) is 39.2 Å². The number of hydrogen-bond donors (Lipinski definition) is 1. The monoisotopic (exact) mass is 282 g/mol. The van der Waals surface area contributed by atoms with E-state index in [2.05, 4.69) is 4.98 Å². The van der Waals surface area contributed by atoms with Gasteiger partial charge in [-0.05, 0) is 6.42 Å². The summed E-state index contributed by atoms with van der Waals surface area (Å²) in [6, 6.07) is 1.17. The number of rotatable bonds is 4. The molecule has 0 aliphatic carbocycles. The van der Waals surface area contributed by atoms with Crippen LogP contribution in [0, 0.1) is 11.6 Å². The van der Waals surface area contributed by atoms with E-state index in [1.54, 1.807) is 6.92 Å². The zero-order valence-electron chi connectivity index (χ0n) is 11.5. The summed E-state index contributed by atoms with van der Waals surface area (Å²) in [6.45, 7) is 5.45. The van der Waals surface area contributed by atoms with Crippen LogP contribution in [-0.4, -0.2) is 20.6 Å². The van der Waals surface area contributed by atoms with Crippen molar-refractivity contribution in [1.82, 2.24) is 9.55 Å².